The number of hydrogen-bond acceptors (Lipinski definition) is 6. The molecule has 1 aromatic carbocycles. The quantitative estimate of drug-likeness (QED) is 0.450. The van der Waals surface area contributed by atoms with Crippen LogP contribution in [0.25, 0.3) is 11.3 Å². The van der Waals surface area contributed by atoms with Gasteiger partial charge in [0.1, 0.15) is 17.3 Å². The zero-order valence-electron chi connectivity index (χ0n) is 23.8. The highest BCUT2D eigenvalue weighted by atomic mass is 19.1. The van der Waals surface area contributed by atoms with Gasteiger partial charge in [-0.2, -0.15) is 5.10 Å². The Morgan fingerprint density at radius 1 is 1.31 bits per heavy atom. The monoisotopic (exact) mass is 540 g/mol. The van der Waals surface area contributed by atoms with Gasteiger partial charge in [-0.1, -0.05) is 12.7 Å². The molecule has 0 atom stereocenters. The van der Waals surface area contributed by atoms with Crippen molar-refractivity contribution in [2.24, 2.45) is 11.1 Å². The first-order valence-corrected chi connectivity index (χ1v) is 13.7. The molecule has 2 aromatic rings. The second-order valence-electron chi connectivity index (χ2n) is 10.7. The summed E-state index contributed by atoms with van der Waals surface area (Å²) < 4.78 is 27.3. The topological polar surface area (TPSA) is 85.8 Å². The summed E-state index contributed by atoms with van der Waals surface area (Å²) >= 11 is 0. The van der Waals surface area contributed by atoms with Gasteiger partial charge in [-0.3, -0.25) is 4.68 Å². The van der Waals surface area contributed by atoms with E-state index in [0.717, 1.165) is 55.0 Å². The number of aromatic nitrogens is 2. The van der Waals surface area contributed by atoms with Crippen molar-refractivity contribution in [1.29, 1.82) is 0 Å². The average Bonchev–Trinajstić information content (AvgIpc) is 3.28. The Morgan fingerprint density at radius 3 is 2.54 bits per heavy atom. The van der Waals surface area contributed by atoms with Crippen molar-refractivity contribution in [2.75, 3.05) is 40.5 Å². The largest absolute Gasteiger partial charge is 0.496 e. The molecule has 2 aliphatic carbocycles. The number of nitrogens with zero attached hydrogens (tertiary/aromatic N) is 3. The van der Waals surface area contributed by atoms with Gasteiger partial charge in [0.05, 0.1) is 44.7 Å². The number of aliphatic hydroxyl groups is 1. The molecule has 1 saturated heterocycles. The molecule has 1 aromatic heterocycles. The predicted octanol–water partition coefficient (Wildman–Crippen LogP) is 5.17. The van der Waals surface area contributed by atoms with E-state index in [2.05, 4.69) is 30.9 Å². The van der Waals surface area contributed by atoms with E-state index >= 15 is 4.39 Å². The average molecular weight is 541 g/mol. The molecule has 39 heavy (non-hydrogen) atoms. The zero-order valence-corrected chi connectivity index (χ0v) is 23.8. The van der Waals surface area contributed by atoms with Gasteiger partial charge in [0.2, 0.25) is 0 Å². The van der Waals surface area contributed by atoms with Crippen molar-refractivity contribution in [3.63, 3.8) is 0 Å². The second-order valence-corrected chi connectivity index (χ2v) is 10.7. The first-order chi connectivity index (χ1) is 18.7. The minimum Gasteiger partial charge on any atom is -0.496 e. The maximum Gasteiger partial charge on any atom is 0.132 e. The Kier molecular flexibility index (Phi) is 10.9. The minimum atomic E-state index is -0.281. The molecule has 1 spiro atoms. The Labute approximate surface area is 232 Å². The lowest BCUT2D eigenvalue weighted by molar-refractivity contribution is -0.162. The number of methoxy groups -OCH3 is 1. The fourth-order valence-corrected chi connectivity index (χ4v) is 5.43. The van der Waals surface area contributed by atoms with Crippen LogP contribution in [0.1, 0.15) is 60.9 Å². The van der Waals surface area contributed by atoms with Crippen LogP contribution in [-0.2, 0) is 11.3 Å². The van der Waals surface area contributed by atoms with Crippen molar-refractivity contribution in [2.45, 2.75) is 58.0 Å². The molecule has 0 amide bonds. The van der Waals surface area contributed by atoms with Gasteiger partial charge in [0.15, 0.2) is 0 Å². The summed E-state index contributed by atoms with van der Waals surface area (Å²) in [5.41, 5.74) is 11.2. The molecule has 7 nitrogen and oxygen atoms in total. The summed E-state index contributed by atoms with van der Waals surface area (Å²) in [5.74, 6) is 0.258. The number of aryl methyl sites for hydroxylation is 1. The molecular weight excluding hydrogens is 495 g/mol. The summed E-state index contributed by atoms with van der Waals surface area (Å²) in [6.45, 7) is 14.8. The van der Waals surface area contributed by atoms with Gasteiger partial charge in [0.25, 0.3) is 0 Å². The number of hydrogen-bond donors (Lipinski definition) is 2. The number of halogens is 1. The number of likely N-dealkylation sites (N-methyl/N-ethyl adjacent to an activating group) is 1. The van der Waals surface area contributed by atoms with E-state index in [-0.39, 0.29) is 19.0 Å². The Morgan fingerprint density at radius 2 is 2.03 bits per heavy atom. The van der Waals surface area contributed by atoms with Crippen LogP contribution in [0.15, 0.2) is 44.1 Å². The van der Waals surface area contributed by atoms with Gasteiger partial charge in [-0.15, -0.1) is 13.2 Å². The molecule has 2 fully saturated rings. The van der Waals surface area contributed by atoms with Crippen molar-refractivity contribution in [1.82, 2.24) is 14.7 Å². The van der Waals surface area contributed by atoms with Crippen LogP contribution in [0.5, 0.6) is 5.75 Å². The maximum atomic E-state index is 15.0. The smallest absolute Gasteiger partial charge is 0.132 e. The third-order valence-corrected chi connectivity index (χ3v) is 7.68. The molecule has 5 rings (SSSR count). The van der Waals surface area contributed by atoms with Gasteiger partial charge in [-0.25, -0.2) is 4.39 Å². The lowest BCUT2D eigenvalue weighted by Crippen LogP contribution is -2.57. The Balaban J connectivity index is 0.000000350. The maximum absolute atomic E-state index is 15.0. The second kappa shape index (κ2) is 13.9. The van der Waals surface area contributed by atoms with Crippen molar-refractivity contribution < 1.29 is 19.0 Å². The summed E-state index contributed by atoms with van der Waals surface area (Å²) in [7, 11) is 3.43. The van der Waals surface area contributed by atoms with Crippen molar-refractivity contribution in [3.05, 3.63) is 72.3 Å². The first-order valence-electron chi connectivity index (χ1n) is 13.7. The Bertz CT molecular complexity index is 1150. The number of allylic oxidation sites excluding steroid dienone is 2. The third kappa shape index (κ3) is 7.38. The van der Waals surface area contributed by atoms with Gasteiger partial charge >= 0.3 is 0 Å². The van der Waals surface area contributed by atoms with Crippen molar-refractivity contribution >= 4 is 11.3 Å². The normalized spacial score (nSPS) is 17.4. The van der Waals surface area contributed by atoms with Crippen LogP contribution in [0.4, 0.5) is 4.39 Å². The van der Waals surface area contributed by atoms with Crippen LogP contribution in [0.3, 0.4) is 0 Å². The summed E-state index contributed by atoms with van der Waals surface area (Å²) in [6, 6.07) is 4.03. The molecular formula is C31H45FN4O3. The van der Waals surface area contributed by atoms with E-state index in [9.17, 15) is 0 Å². The van der Waals surface area contributed by atoms with E-state index in [1.54, 1.807) is 17.9 Å². The highest BCUT2D eigenvalue weighted by Gasteiger charge is 2.48. The number of ether oxygens (including phenoxy) is 2. The molecule has 2 heterocycles. The minimum absolute atomic E-state index is 0.0421. The van der Waals surface area contributed by atoms with Gasteiger partial charge < -0.3 is 25.2 Å². The molecule has 0 radical (unpaired) electrons. The Hall–Kier alpha value is -2.94. The third-order valence-electron chi connectivity index (χ3n) is 7.68. The molecule has 1 saturated carbocycles. The number of nitrogens with two attached hydrogens (primary N) is 1. The van der Waals surface area contributed by atoms with E-state index in [1.165, 1.54) is 24.8 Å². The lowest BCUT2D eigenvalue weighted by Gasteiger charge is -2.52. The van der Waals surface area contributed by atoms with Crippen LogP contribution in [-0.4, -0.2) is 66.4 Å². The predicted molar refractivity (Wildman–Crippen MR) is 156 cm³/mol. The first kappa shape index (κ1) is 30.6. The van der Waals surface area contributed by atoms with E-state index in [1.807, 2.05) is 31.1 Å². The highest BCUT2D eigenvalue weighted by Crippen LogP contribution is 2.45. The summed E-state index contributed by atoms with van der Waals surface area (Å²) in [5, 5.41) is 13.7. The standard InChI is InChI=1S/C23H30FN3O2.C6H11NO.C2H4/c1-16-14-27(25-23(16)17(2)26(3)10-11-28)15-20-21(24)12-19(13-22(20)29-4)18-8-6-5-7-9-18;7-5-1-6(2-5)3-8-4-6;1-2/h8,12-14,28H,2,5-7,9-11,15H2,1,3-4H3;5H,1-4,7H2;1-2H2. The molecule has 1 aliphatic heterocycles. The fourth-order valence-electron chi connectivity index (χ4n) is 5.43. The molecule has 3 aliphatic rings. The fraction of sp³-hybridized carbons (Fsp3) is 0.516. The molecule has 0 unspecified atom stereocenters. The number of rotatable bonds is 8. The molecule has 0 bridgehead atoms. The van der Waals surface area contributed by atoms with Crippen molar-refractivity contribution in [3.8, 4) is 5.75 Å². The molecule has 3 N–H and O–H groups in total. The number of benzene rings is 1. The highest BCUT2D eigenvalue weighted by molar-refractivity contribution is 5.68. The zero-order chi connectivity index (χ0) is 28.6. The molecule has 8 heteroatoms. The van der Waals surface area contributed by atoms with Crippen LogP contribution in [0.2, 0.25) is 0 Å². The van der Waals surface area contributed by atoms with E-state index < -0.39 is 0 Å². The number of aliphatic hydroxyl groups excluding tert-OH is 1. The van der Waals surface area contributed by atoms with E-state index in [4.69, 9.17) is 20.3 Å². The van der Waals surface area contributed by atoms with Crippen LogP contribution < -0.4 is 10.5 Å². The van der Waals surface area contributed by atoms with Crippen LogP contribution >= 0.6 is 0 Å². The van der Waals surface area contributed by atoms with E-state index in [0.29, 0.717) is 29.3 Å². The van der Waals surface area contributed by atoms with Crippen LogP contribution in [0, 0.1) is 18.2 Å². The summed E-state index contributed by atoms with van der Waals surface area (Å²) in [6.07, 6.45) is 10.8. The SMILES string of the molecule is C=C.C=C(c1nn(Cc2c(F)cc(C3=CCCCC3)cc2OC)cc1C)N(C)CCO.NC1CC2(COC2)C1. The lowest BCUT2D eigenvalue weighted by atomic mass is 9.64. The van der Waals surface area contributed by atoms with Gasteiger partial charge in [-0.05, 0) is 74.3 Å². The van der Waals surface area contributed by atoms with Gasteiger partial charge in [0, 0.05) is 31.2 Å². The molecule has 214 valence electrons. The summed E-state index contributed by atoms with van der Waals surface area (Å²) in [4.78, 5) is 1.85.